The van der Waals surface area contributed by atoms with Crippen LogP contribution >= 0.6 is 0 Å². The number of nitrogens with zero attached hydrogens (tertiary/aromatic N) is 2. The normalized spacial score (nSPS) is 17.3. The summed E-state index contributed by atoms with van der Waals surface area (Å²) in [5.74, 6) is 5.55. The van der Waals surface area contributed by atoms with Crippen LogP contribution in [0.1, 0.15) is 35.4 Å². The van der Waals surface area contributed by atoms with Crippen molar-refractivity contribution in [3.8, 4) is 0 Å². The Labute approximate surface area is 119 Å². The molecule has 0 unspecified atom stereocenters. The molecule has 0 spiro atoms. The van der Waals surface area contributed by atoms with Crippen LogP contribution in [-0.4, -0.2) is 48.9 Å². The molecule has 0 aliphatic heterocycles. The second-order valence-corrected chi connectivity index (χ2v) is 5.92. The summed E-state index contributed by atoms with van der Waals surface area (Å²) < 4.78 is 5.41. The summed E-state index contributed by atoms with van der Waals surface area (Å²) in [6.45, 7) is 1.69. The standard InChI is InChI=1S/C14H24N4O2/c1-17(2)14(5-4-6-14)10-18(3)8-12-7-11(9-20-12)13(19)16-15/h7,9H,4-6,8,10,15H2,1-3H3,(H,16,19). The fraction of sp³-hybridized carbons (Fsp3) is 0.643. The minimum absolute atomic E-state index is 0.290. The molecule has 1 amide bonds. The first-order chi connectivity index (χ1) is 9.47. The van der Waals surface area contributed by atoms with Crippen LogP contribution in [0.4, 0.5) is 0 Å². The number of furan rings is 1. The van der Waals surface area contributed by atoms with Crippen LogP contribution in [0.2, 0.25) is 0 Å². The first-order valence-electron chi connectivity index (χ1n) is 6.91. The molecule has 0 bridgehead atoms. The molecule has 0 radical (unpaired) electrons. The Morgan fingerprint density at radius 1 is 1.45 bits per heavy atom. The minimum atomic E-state index is -0.327. The number of nitrogens with two attached hydrogens (primary N) is 1. The molecule has 6 nitrogen and oxygen atoms in total. The van der Waals surface area contributed by atoms with Crippen molar-refractivity contribution in [1.29, 1.82) is 0 Å². The average molecular weight is 280 g/mol. The largest absolute Gasteiger partial charge is 0.467 e. The zero-order valence-electron chi connectivity index (χ0n) is 12.5. The van der Waals surface area contributed by atoms with Crippen molar-refractivity contribution in [2.75, 3.05) is 27.7 Å². The van der Waals surface area contributed by atoms with E-state index in [0.29, 0.717) is 17.6 Å². The third-order valence-corrected chi connectivity index (χ3v) is 4.27. The van der Waals surface area contributed by atoms with Gasteiger partial charge in [0.1, 0.15) is 12.0 Å². The predicted octanol–water partition coefficient (Wildman–Crippen LogP) is 0.799. The minimum Gasteiger partial charge on any atom is -0.467 e. The van der Waals surface area contributed by atoms with Crippen molar-refractivity contribution in [2.24, 2.45) is 5.84 Å². The van der Waals surface area contributed by atoms with Gasteiger partial charge in [0.05, 0.1) is 12.1 Å². The van der Waals surface area contributed by atoms with Crippen LogP contribution in [0.25, 0.3) is 0 Å². The highest BCUT2D eigenvalue weighted by molar-refractivity contribution is 5.93. The molecule has 1 aliphatic carbocycles. The molecule has 112 valence electrons. The van der Waals surface area contributed by atoms with Crippen LogP contribution in [-0.2, 0) is 6.54 Å². The molecule has 1 aromatic heterocycles. The summed E-state index contributed by atoms with van der Waals surface area (Å²) in [7, 11) is 6.36. The molecular weight excluding hydrogens is 256 g/mol. The van der Waals surface area contributed by atoms with Gasteiger partial charge in [0.25, 0.3) is 5.91 Å². The molecule has 1 aromatic rings. The quantitative estimate of drug-likeness (QED) is 0.458. The molecule has 1 aliphatic rings. The van der Waals surface area contributed by atoms with Crippen LogP contribution in [0.15, 0.2) is 16.7 Å². The van der Waals surface area contributed by atoms with Crippen molar-refractivity contribution in [2.45, 2.75) is 31.3 Å². The first kappa shape index (κ1) is 15.0. The molecule has 0 aromatic carbocycles. The molecule has 0 atom stereocenters. The number of carbonyl (C=O) groups excluding carboxylic acids is 1. The second kappa shape index (κ2) is 5.95. The Balaban J connectivity index is 1.93. The van der Waals surface area contributed by atoms with Crippen molar-refractivity contribution >= 4 is 5.91 Å². The number of likely N-dealkylation sites (N-methyl/N-ethyl adjacent to an activating group) is 2. The van der Waals surface area contributed by atoms with E-state index in [1.54, 1.807) is 6.07 Å². The van der Waals surface area contributed by atoms with Crippen LogP contribution in [0, 0.1) is 0 Å². The van der Waals surface area contributed by atoms with Crippen molar-refractivity contribution in [3.63, 3.8) is 0 Å². The predicted molar refractivity (Wildman–Crippen MR) is 77.0 cm³/mol. The fourth-order valence-corrected chi connectivity index (χ4v) is 2.82. The number of rotatable bonds is 6. The Kier molecular flexibility index (Phi) is 4.47. The maximum atomic E-state index is 11.4. The van der Waals surface area contributed by atoms with E-state index in [9.17, 15) is 4.79 Å². The van der Waals surface area contributed by atoms with Gasteiger partial charge in [-0.2, -0.15) is 0 Å². The second-order valence-electron chi connectivity index (χ2n) is 5.92. The Hall–Kier alpha value is -1.37. The topological polar surface area (TPSA) is 74.7 Å². The van der Waals surface area contributed by atoms with Gasteiger partial charge >= 0.3 is 0 Å². The lowest BCUT2D eigenvalue weighted by molar-refractivity contribution is 0.0244. The van der Waals surface area contributed by atoms with E-state index in [1.165, 1.54) is 25.5 Å². The van der Waals surface area contributed by atoms with Crippen molar-refractivity contribution in [1.82, 2.24) is 15.2 Å². The van der Waals surface area contributed by atoms with E-state index in [4.69, 9.17) is 10.3 Å². The zero-order chi connectivity index (χ0) is 14.8. The lowest BCUT2D eigenvalue weighted by Crippen LogP contribution is -2.56. The molecule has 3 N–H and O–H groups in total. The fourth-order valence-electron chi connectivity index (χ4n) is 2.82. The summed E-state index contributed by atoms with van der Waals surface area (Å²) >= 11 is 0. The van der Waals surface area contributed by atoms with Gasteiger partial charge < -0.3 is 9.32 Å². The highest BCUT2D eigenvalue weighted by atomic mass is 16.3. The number of hydrazine groups is 1. The van der Waals surface area contributed by atoms with E-state index < -0.39 is 0 Å². The van der Waals surface area contributed by atoms with Crippen LogP contribution in [0.3, 0.4) is 0 Å². The van der Waals surface area contributed by atoms with Gasteiger partial charge in [-0.25, -0.2) is 5.84 Å². The van der Waals surface area contributed by atoms with Gasteiger partial charge in [-0.05, 0) is 46.5 Å². The summed E-state index contributed by atoms with van der Waals surface area (Å²) in [6, 6.07) is 1.74. The maximum Gasteiger partial charge on any atom is 0.268 e. The molecule has 1 fully saturated rings. The van der Waals surface area contributed by atoms with Crippen molar-refractivity contribution in [3.05, 3.63) is 23.7 Å². The SMILES string of the molecule is CN(Cc1cc(C(=O)NN)co1)CC1(N(C)C)CCC1. The Morgan fingerprint density at radius 2 is 2.15 bits per heavy atom. The maximum absolute atomic E-state index is 11.4. The highest BCUT2D eigenvalue weighted by Gasteiger charge is 2.39. The van der Waals surface area contributed by atoms with Crippen molar-refractivity contribution < 1.29 is 9.21 Å². The van der Waals surface area contributed by atoms with E-state index >= 15 is 0 Å². The molecule has 6 heteroatoms. The Bertz CT molecular complexity index is 465. The van der Waals surface area contributed by atoms with E-state index in [0.717, 1.165) is 12.3 Å². The monoisotopic (exact) mass is 280 g/mol. The zero-order valence-corrected chi connectivity index (χ0v) is 12.5. The number of carbonyl (C=O) groups is 1. The first-order valence-corrected chi connectivity index (χ1v) is 6.91. The number of hydrogen-bond donors (Lipinski definition) is 2. The third kappa shape index (κ3) is 3.03. The van der Waals surface area contributed by atoms with Gasteiger partial charge in [0.2, 0.25) is 0 Å². The molecule has 20 heavy (non-hydrogen) atoms. The number of hydrogen-bond acceptors (Lipinski definition) is 5. The molecule has 0 saturated heterocycles. The summed E-state index contributed by atoms with van der Waals surface area (Å²) in [4.78, 5) is 15.9. The van der Waals surface area contributed by atoms with Crippen LogP contribution in [0.5, 0.6) is 0 Å². The number of nitrogens with one attached hydrogen (secondary N) is 1. The lowest BCUT2D eigenvalue weighted by atomic mass is 9.75. The van der Waals surface area contributed by atoms with Gasteiger partial charge in [-0.15, -0.1) is 0 Å². The lowest BCUT2D eigenvalue weighted by Gasteiger charge is -2.49. The smallest absolute Gasteiger partial charge is 0.268 e. The van der Waals surface area contributed by atoms with Gasteiger partial charge in [0.15, 0.2) is 0 Å². The summed E-state index contributed by atoms with van der Waals surface area (Å²) in [6.07, 6.45) is 5.22. The van der Waals surface area contributed by atoms with Gasteiger partial charge in [-0.3, -0.25) is 15.1 Å². The summed E-state index contributed by atoms with van der Waals surface area (Å²) in [5.41, 5.74) is 2.85. The van der Waals surface area contributed by atoms with E-state index in [-0.39, 0.29) is 5.91 Å². The van der Waals surface area contributed by atoms with Crippen LogP contribution < -0.4 is 11.3 Å². The average Bonchev–Trinajstić information content (AvgIpc) is 2.80. The van der Waals surface area contributed by atoms with Gasteiger partial charge in [-0.1, -0.05) is 0 Å². The van der Waals surface area contributed by atoms with E-state index in [1.807, 2.05) is 0 Å². The number of nitrogen functional groups attached to an aromatic ring is 1. The molecule has 2 rings (SSSR count). The molecule has 1 saturated carbocycles. The van der Waals surface area contributed by atoms with Gasteiger partial charge in [0, 0.05) is 12.1 Å². The summed E-state index contributed by atoms with van der Waals surface area (Å²) in [5, 5.41) is 0. The molecular formula is C14H24N4O2. The Morgan fingerprint density at radius 3 is 2.65 bits per heavy atom. The molecule has 1 heterocycles. The third-order valence-electron chi connectivity index (χ3n) is 4.27. The highest BCUT2D eigenvalue weighted by Crippen LogP contribution is 2.36. The van der Waals surface area contributed by atoms with E-state index in [2.05, 4.69) is 36.4 Å². The number of amides is 1.